The van der Waals surface area contributed by atoms with Crippen molar-refractivity contribution < 1.29 is 17.5 Å². The van der Waals surface area contributed by atoms with E-state index in [1.165, 1.54) is 12.1 Å². The highest BCUT2D eigenvalue weighted by Crippen LogP contribution is 2.35. The number of hydrogen-bond acceptors (Lipinski definition) is 6. The molecule has 2 aromatic rings. The maximum atomic E-state index is 14.2. The summed E-state index contributed by atoms with van der Waals surface area (Å²) in [5, 5.41) is 13.1. The van der Waals surface area contributed by atoms with E-state index >= 15 is 0 Å². The van der Waals surface area contributed by atoms with Gasteiger partial charge >= 0.3 is 0 Å². The lowest BCUT2D eigenvalue weighted by molar-refractivity contribution is 0.321. The molecule has 2 heterocycles. The van der Waals surface area contributed by atoms with Crippen LogP contribution in [0.1, 0.15) is 62.4 Å². The largest absolute Gasteiger partial charge is 0.387 e. The molecule has 10 heteroatoms. The first-order valence-electron chi connectivity index (χ1n) is 10.3. The lowest BCUT2D eigenvalue weighted by Gasteiger charge is -2.19. The summed E-state index contributed by atoms with van der Waals surface area (Å²) >= 11 is 0. The third-order valence-corrected chi connectivity index (χ3v) is 6.91. The van der Waals surface area contributed by atoms with Gasteiger partial charge in [0.05, 0.1) is 5.69 Å². The Kier molecular flexibility index (Phi) is 6.99. The molecule has 0 radical (unpaired) electrons. The van der Waals surface area contributed by atoms with E-state index < -0.39 is 21.9 Å². The molecule has 0 saturated carbocycles. The van der Waals surface area contributed by atoms with Gasteiger partial charge < -0.3 is 4.74 Å². The number of rotatable bonds is 8. The van der Waals surface area contributed by atoms with Gasteiger partial charge in [-0.25, -0.2) is 17.5 Å². The Morgan fingerprint density at radius 3 is 2.48 bits per heavy atom. The number of aromatic nitrogens is 2. The minimum atomic E-state index is -3.98. The van der Waals surface area contributed by atoms with Crippen LogP contribution in [-0.4, -0.2) is 36.2 Å². The van der Waals surface area contributed by atoms with E-state index in [2.05, 4.69) is 14.7 Å². The van der Waals surface area contributed by atoms with Crippen LogP contribution in [0.4, 0.5) is 4.39 Å². The summed E-state index contributed by atoms with van der Waals surface area (Å²) < 4.78 is 49.4. The van der Waals surface area contributed by atoms with Crippen LogP contribution in [0.15, 0.2) is 23.2 Å². The molecule has 0 spiro atoms. The summed E-state index contributed by atoms with van der Waals surface area (Å²) in [6.45, 7) is 7.87. The number of nitriles is 1. The van der Waals surface area contributed by atoms with Crippen LogP contribution in [0.5, 0.6) is 5.75 Å². The third kappa shape index (κ3) is 5.23. The summed E-state index contributed by atoms with van der Waals surface area (Å²) in [4.78, 5) is 2.26. The molecule has 1 aliphatic rings. The van der Waals surface area contributed by atoms with Crippen molar-refractivity contribution >= 4 is 10.0 Å². The molecular formula is C21H28FN5O3S. The zero-order chi connectivity index (χ0) is 22.8. The molecule has 1 aromatic heterocycles. The first-order valence-corrected chi connectivity index (χ1v) is 11.8. The van der Waals surface area contributed by atoms with Gasteiger partial charge in [0.25, 0.3) is 16.3 Å². The van der Waals surface area contributed by atoms with Crippen LogP contribution in [-0.2, 0) is 23.6 Å². The van der Waals surface area contributed by atoms with Gasteiger partial charge in [-0.1, -0.05) is 13.8 Å². The molecule has 31 heavy (non-hydrogen) atoms. The van der Waals surface area contributed by atoms with Crippen LogP contribution < -0.4 is 9.46 Å². The van der Waals surface area contributed by atoms with E-state index in [9.17, 15) is 12.8 Å². The van der Waals surface area contributed by atoms with E-state index in [1.807, 2.05) is 13.8 Å². The highest BCUT2D eigenvalue weighted by Gasteiger charge is 2.27. The van der Waals surface area contributed by atoms with Crippen molar-refractivity contribution in [1.82, 2.24) is 19.4 Å². The van der Waals surface area contributed by atoms with Gasteiger partial charge in [0, 0.05) is 36.8 Å². The normalized spacial score (nSPS) is 15.9. The van der Waals surface area contributed by atoms with Gasteiger partial charge in [0.2, 0.25) is 0 Å². The molecule has 1 fully saturated rings. The average molecular weight is 450 g/mol. The predicted octanol–water partition coefficient (Wildman–Crippen LogP) is 3.18. The Hall–Kier alpha value is -2.48. The van der Waals surface area contributed by atoms with Gasteiger partial charge in [0.15, 0.2) is 10.8 Å². The number of ether oxygens (including phenoxy) is 1. The van der Waals surface area contributed by atoms with Crippen molar-refractivity contribution in [2.45, 2.75) is 57.1 Å². The summed E-state index contributed by atoms with van der Waals surface area (Å²) in [6, 6.07) is 3.20. The molecule has 1 saturated heterocycles. The summed E-state index contributed by atoms with van der Waals surface area (Å²) in [5.74, 6) is -0.476. The summed E-state index contributed by atoms with van der Waals surface area (Å²) in [5.41, 5.74) is 1.55. The second-order valence-corrected chi connectivity index (χ2v) is 9.85. The average Bonchev–Trinajstić information content (AvgIpc) is 3.33. The summed E-state index contributed by atoms with van der Waals surface area (Å²) in [6.07, 6.45) is 3.89. The van der Waals surface area contributed by atoms with Crippen LogP contribution in [0.25, 0.3) is 0 Å². The maximum Gasteiger partial charge on any atom is 0.292 e. The second-order valence-electron chi connectivity index (χ2n) is 8.19. The van der Waals surface area contributed by atoms with E-state index in [-0.39, 0.29) is 22.3 Å². The van der Waals surface area contributed by atoms with Crippen LogP contribution >= 0.6 is 0 Å². The van der Waals surface area contributed by atoms with Crippen LogP contribution in [0, 0.1) is 17.3 Å². The van der Waals surface area contributed by atoms with E-state index in [4.69, 9.17) is 10.00 Å². The molecule has 1 aliphatic heterocycles. The van der Waals surface area contributed by atoms with Gasteiger partial charge in [-0.05, 0) is 50.9 Å². The number of halogens is 1. The number of likely N-dealkylation sites (tertiary alicyclic amines) is 1. The molecule has 8 nitrogen and oxygen atoms in total. The lowest BCUT2D eigenvalue weighted by atomic mass is 9.96. The van der Waals surface area contributed by atoms with Crippen molar-refractivity contribution in [3.63, 3.8) is 0 Å². The molecular weight excluding hydrogens is 421 g/mol. The van der Waals surface area contributed by atoms with Crippen molar-refractivity contribution in [3.05, 3.63) is 40.8 Å². The highest BCUT2D eigenvalue weighted by molar-refractivity contribution is 7.89. The molecule has 0 aliphatic carbocycles. The van der Waals surface area contributed by atoms with Crippen LogP contribution in [0.2, 0.25) is 0 Å². The van der Waals surface area contributed by atoms with Crippen molar-refractivity contribution in [2.24, 2.45) is 7.05 Å². The first-order chi connectivity index (χ1) is 14.6. The number of aryl methyl sites for hydroxylation is 1. The van der Waals surface area contributed by atoms with Gasteiger partial charge in [0.1, 0.15) is 5.82 Å². The van der Waals surface area contributed by atoms with E-state index in [0.717, 1.165) is 31.6 Å². The molecule has 1 N–H and O–H groups in total. The minimum Gasteiger partial charge on any atom is -0.387 e. The number of hydrogen-bond donors (Lipinski definition) is 1. The first kappa shape index (κ1) is 23.2. The topological polar surface area (TPSA) is 100 Å². The Bertz CT molecular complexity index is 1090. The van der Waals surface area contributed by atoms with Crippen LogP contribution in [0.3, 0.4) is 0 Å². The van der Waals surface area contributed by atoms with Crippen molar-refractivity contribution in [1.29, 1.82) is 5.26 Å². The standard InChI is InChI=1S/C21H28FN5O3S/c1-14(2)18-9-16(22)10-19(21(18)30-13-23)15(3)25-31(28,29)20-11-17(26(4)24-20)12-27-7-5-6-8-27/h9-11,14-15,25H,5-8,12H2,1-4H3. The second kappa shape index (κ2) is 9.34. The van der Waals surface area contributed by atoms with Gasteiger partial charge in [-0.2, -0.15) is 5.10 Å². The fourth-order valence-corrected chi connectivity index (χ4v) is 5.07. The minimum absolute atomic E-state index is 0.0979. The molecule has 1 aromatic carbocycles. The smallest absolute Gasteiger partial charge is 0.292 e. The fourth-order valence-electron chi connectivity index (χ4n) is 3.83. The Balaban J connectivity index is 1.87. The Labute approximate surface area is 182 Å². The molecule has 1 unspecified atom stereocenters. The molecule has 0 bridgehead atoms. The fraction of sp³-hybridized carbons (Fsp3) is 0.524. The van der Waals surface area contributed by atoms with Crippen molar-refractivity contribution in [2.75, 3.05) is 13.1 Å². The number of sulfonamides is 1. The SMILES string of the molecule is CC(C)c1cc(F)cc(C(C)NS(=O)(=O)c2cc(CN3CCCC3)n(C)n2)c1OC#N. The highest BCUT2D eigenvalue weighted by atomic mass is 32.2. The zero-order valence-corrected chi connectivity index (χ0v) is 19.0. The number of benzene rings is 1. The third-order valence-electron chi connectivity index (χ3n) is 5.49. The number of nitrogens with one attached hydrogen (secondary N) is 1. The number of nitrogens with zero attached hydrogens (tertiary/aromatic N) is 4. The maximum absolute atomic E-state index is 14.2. The monoisotopic (exact) mass is 449 g/mol. The van der Waals surface area contributed by atoms with Gasteiger partial charge in [-0.15, -0.1) is 5.26 Å². The lowest BCUT2D eigenvalue weighted by Crippen LogP contribution is -2.28. The molecule has 3 rings (SSSR count). The molecule has 0 amide bonds. The predicted molar refractivity (Wildman–Crippen MR) is 113 cm³/mol. The molecule has 1 atom stereocenters. The van der Waals surface area contributed by atoms with E-state index in [1.54, 1.807) is 31.0 Å². The zero-order valence-electron chi connectivity index (χ0n) is 18.2. The van der Waals surface area contributed by atoms with Gasteiger partial charge in [-0.3, -0.25) is 9.58 Å². The summed E-state index contributed by atoms with van der Waals surface area (Å²) in [7, 11) is -2.27. The quantitative estimate of drug-likeness (QED) is 0.622. The molecule has 168 valence electrons. The van der Waals surface area contributed by atoms with E-state index in [0.29, 0.717) is 12.1 Å². The Morgan fingerprint density at radius 1 is 1.23 bits per heavy atom. The Morgan fingerprint density at radius 2 is 1.87 bits per heavy atom. The van der Waals surface area contributed by atoms with Crippen molar-refractivity contribution in [3.8, 4) is 12.0 Å².